The van der Waals surface area contributed by atoms with Gasteiger partial charge in [0, 0.05) is 43.6 Å². The van der Waals surface area contributed by atoms with E-state index >= 15 is 0 Å². The molecule has 1 heterocycles. The zero-order valence-corrected chi connectivity index (χ0v) is 20.6. The number of benzene rings is 2. The highest BCUT2D eigenvalue weighted by Gasteiger charge is 2.48. The van der Waals surface area contributed by atoms with Crippen molar-refractivity contribution in [3.05, 3.63) is 70.2 Å². The summed E-state index contributed by atoms with van der Waals surface area (Å²) in [5.74, 6) is -1.07. The van der Waals surface area contributed by atoms with Crippen LogP contribution in [-0.4, -0.2) is 53.6 Å². The third kappa shape index (κ3) is 5.10. The van der Waals surface area contributed by atoms with Crippen LogP contribution < -0.4 is 0 Å². The number of rotatable bonds is 7. The number of hydrogen-bond donors (Lipinski definition) is 0. The first-order chi connectivity index (χ1) is 16.8. The summed E-state index contributed by atoms with van der Waals surface area (Å²) in [4.78, 5) is 54.1. The number of ketones is 1. The van der Waals surface area contributed by atoms with Crippen LogP contribution in [0.1, 0.15) is 60.0 Å². The number of hydrogen-bond acceptors (Lipinski definition) is 5. The molecule has 2 aliphatic rings. The lowest BCUT2D eigenvalue weighted by molar-refractivity contribution is -0.150. The maximum atomic E-state index is 13.2. The molecule has 1 aliphatic heterocycles. The summed E-state index contributed by atoms with van der Waals surface area (Å²) in [6.45, 7) is 0.647. The van der Waals surface area contributed by atoms with Gasteiger partial charge in [0.25, 0.3) is 5.91 Å². The average Bonchev–Trinajstić information content (AvgIpc) is 3.27. The number of Topliss-reactive ketones (excluding diaryl/α,β-unsaturated/α-hetero) is 1. The predicted octanol–water partition coefficient (Wildman–Crippen LogP) is 4.12. The molecule has 0 spiro atoms. The number of nitrogens with zero attached hydrogens (tertiary/aromatic N) is 2. The molecule has 35 heavy (non-hydrogen) atoms. The lowest BCUT2D eigenvalue weighted by atomic mass is 9.74. The van der Waals surface area contributed by atoms with Crippen molar-refractivity contribution in [2.45, 2.75) is 50.6 Å². The van der Waals surface area contributed by atoms with E-state index < -0.39 is 24.0 Å². The Morgan fingerprint density at radius 2 is 1.86 bits per heavy atom. The van der Waals surface area contributed by atoms with Gasteiger partial charge in [-0.2, -0.15) is 0 Å². The Morgan fingerprint density at radius 1 is 1.06 bits per heavy atom. The van der Waals surface area contributed by atoms with Crippen molar-refractivity contribution in [1.29, 1.82) is 0 Å². The number of likely N-dealkylation sites (tertiary alicyclic amines) is 1. The minimum atomic E-state index is -1.18. The molecule has 2 amide bonds. The monoisotopic (exact) mass is 496 g/mol. The fraction of sp³-hybridized carbons (Fsp3) is 0.407. The summed E-state index contributed by atoms with van der Waals surface area (Å²) in [6, 6.07) is 13.9. The van der Waals surface area contributed by atoms with E-state index in [1.54, 1.807) is 54.4 Å². The molecule has 4 rings (SSSR count). The predicted molar refractivity (Wildman–Crippen MR) is 131 cm³/mol. The molecule has 2 fully saturated rings. The lowest BCUT2D eigenvalue weighted by Gasteiger charge is -2.43. The van der Waals surface area contributed by atoms with Crippen LogP contribution in [0.4, 0.5) is 0 Å². The molecular formula is C27H29ClN2O5. The van der Waals surface area contributed by atoms with Crippen molar-refractivity contribution in [1.82, 2.24) is 9.80 Å². The summed E-state index contributed by atoms with van der Waals surface area (Å²) in [7, 11) is 1.57. The highest BCUT2D eigenvalue weighted by atomic mass is 35.5. The second kappa shape index (κ2) is 10.6. The average molecular weight is 497 g/mol. The van der Waals surface area contributed by atoms with Gasteiger partial charge in [-0.15, -0.1) is 0 Å². The first-order valence-electron chi connectivity index (χ1n) is 11.9. The van der Waals surface area contributed by atoms with E-state index in [4.69, 9.17) is 16.3 Å². The molecule has 0 aromatic heterocycles. The van der Waals surface area contributed by atoms with Crippen molar-refractivity contribution in [2.24, 2.45) is 0 Å². The van der Waals surface area contributed by atoms with Gasteiger partial charge in [-0.1, -0.05) is 41.9 Å². The van der Waals surface area contributed by atoms with E-state index in [9.17, 15) is 19.2 Å². The molecule has 0 radical (unpaired) electrons. The third-order valence-electron chi connectivity index (χ3n) is 6.95. The smallest absolute Gasteiger partial charge is 0.338 e. The molecule has 1 saturated carbocycles. The van der Waals surface area contributed by atoms with Crippen LogP contribution >= 0.6 is 11.6 Å². The largest absolute Gasteiger partial charge is 0.452 e. The lowest BCUT2D eigenvalue weighted by Crippen LogP contribution is -2.55. The van der Waals surface area contributed by atoms with E-state index in [0.29, 0.717) is 48.5 Å². The molecular weight excluding hydrogens is 468 g/mol. The Kier molecular flexibility index (Phi) is 7.55. The molecule has 1 unspecified atom stereocenters. The Hall–Kier alpha value is -3.19. The zero-order chi connectivity index (χ0) is 25.0. The standard InChI is InChI=1S/C27H29ClN2O5/c1-29(27(14-5-4-12-23(27)31)21-10-2-3-11-22(21)28)25(33)18-35-26(34)20-9-6-8-19(16-20)17-30-15-7-13-24(30)32/h2-3,6,8-11,16H,4-5,7,12-15,17-18H2,1H3. The summed E-state index contributed by atoms with van der Waals surface area (Å²) < 4.78 is 5.34. The van der Waals surface area contributed by atoms with E-state index in [-0.39, 0.29) is 11.7 Å². The van der Waals surface area contributed by atoms with E-state index in [1.165, 1.54) is 4.90 Å². The van der Waals surface area contributed by atoms with Crippen LogP contribution in [0.25, 0.3) is 0 Å². The number of ether oxygens (including phenoxy) is 1. The van der Waals surface area contributed by atoms with E-state index in [0.717, 1.165) is 24.8 Å². The van der Waals surface area contributed by atoms with Crippen molar-refractivity contribution < 1.29 is 23.9 Å². The van der Waals surface area contributed by atoms with Crippen LogP contribution in [0.15, 0.2) is 48.5 Å². The number of carbonyl (C=O) groups is 4. The Labute approximate surface area is 210 Å². The van der Waals surface area contributed by atoms with Gasteiger partial charge >= 0.3 is 5.97 Å². The van der Waals surface area contributed by atoms with Gasteiger partial charge in [-0.25, -0.2) is 4.79 Å². The number of amides is 2. The number of esters is 1. The molecule has 2 aromatic carbocycles. The minimum absolute atomic E-state index is 0.0665. The topological polar surface area (TPSA) is 84.0 Å². The first-order valence-corrected chi connectivity index (χ1v) is 12.3. The summed E-state index contributed by atoms with van der Waals surface area (Å²) in [5.41, 5.74) is 0.544. The fourth-order valence-corrected chi connectivity index (χ4v) is 5.33. The summed E-state index contributed by atoms with van der Waals surface area (Å²) >= 11 is 6.45. The van der Waals surface area contributed by atoms with Crippen molar-refractivity contribution >= 4 is 35.2 Å². The molecule has 1 aliphatic carbocycles. The van der Waals surface area contributed by atoms with Gasteiger partial charge in [0.2, 0.25) is 5.91 Å². The van der Waals surface area contributed by atoms with E-state index in [2.05, 4.69) is 0 Å². The van der Waals surface area contributed by atoms with Crippen LogP contribution in [0.3, 0.4) is 0 Å². The van der Waals surface area contributed by atoms with Crippen molar-refractivity contribution in [2.75, 3.05) is 20.2 Å². The molecule has 1 atom stereocenters. The Morgan fingerprint density at radius 3 is 2.57 bits per heavy atom. The second-order valence-electron chi connectivity index (χ2n) is 9.12. The van der Waals surface area contributed by atoms with Crippen molar-refractivity contribution in [3.63, 3.8) is 0 Å². The van der Waals surface area contributed by atoms with Gasteiger partial charge in [-0.05, 0) is 49.4 Å². The summed E-state index contributed by atoms with van der Waals surface area (Å²) in [5, 5.41) is 0.424. The van der Waals surface area contributed by atoms with Crippen molar-refractivity contribution in [3.8, 4) is 0 Å². The Bertz CT molecular complexity index is 1150. The highest BCUT2D eigenvalue weighted by Crippen LogP contribution is 2.42. The van der Waals surface area contributed by atoms with Gasteiger partial charge in [0.15, 0.2) is 12.4 Å². The van der Waals surface area contributed by atoms with Gasteiger partial charge < -0.3 is 14.5 Å². The maximum Gasteiger partial charge on any atom is 0.338 e. The number of likely N-dealkylation sites (N-methyl/N-ethyl adjacent to an activating group) is 1. The molecule has 7 nitrogen and oxygen atoms in total. The fourth-order valence-electron chi connectivity index (χ4n) is 5.04. The van der Waals surface area contributed by atoms with Crippen LogP contribution in [0.2, 0.25) is 5.02 Å². The number of carbonyl (C=O) groups excluding carboxylic acids is 4. The second-order valence-corrected chi connectivity index (χ2v) is 9.53. The molecule has 0 N–H and O–H groups in total. The molecule has 0 bridgehead atoms. The minimum Gasteiger partial charge on any atom is -0.452 e. The van der Waals surface area contributed by atoms with Gasteiger partial charge in [0.1, 0.15) is 5.54 Å². The molecule has 1 saturated heterocycles. The third-order valence-corrected chi connectivity index (χ3v) is 7.28. The summed E-state index contributed by atoms with van der Waals surface area (Å²) in [6.07, 6.45) is 3.75. The van der Waals surface area contributed by atoms with Crippen LogP contribution in [0.5, 0.6) is 0 Å². The van der Waals surface area contributed by atoms with Crippen LogP contribution in [-0.2, 0) is 31.2 Å². The first kappa shape index (κ1) is 24.9. The highest BCUT2D eigenvalue weighted by molar-refractivity contribution is 6.31. The maximum absolute atomic E-state index is 13.2. The van der Waals surface area contributed by atoms with Gasteiger partial charge in [0.05, 0.1) is 5.56 Å². The van der Waals surface area contributed by atoms with Crippen LogP contribution in [0, 0.1) is 0 Å². The molecule has 2 aromatic rings. The quantitative estimate of drug-likeness (QED) is 0.538. The Balaban J connectivity index is 1.46. The SMILES string of the molecule is CN(C(=O)COC(=O)c1cccc(CN2CCCC2=O)c1)C1(c2ccccc2Cl)CCCCC1=O. The normalized spacial score (nSPS) is 20.1. The zero-order valence-electron chi connectivity index (χ0n) is 19.8. The number of halogens is 1. The van der Waals surface area contributed by atoms with E-state index in [1.807, 2.05) is 6.07 Å². The molecule has 8 heteroatoms. The van der Waals surface area contributed by atoms with Gasteiger partial charge in [-0.3, -0.25) is 14.4 Å². The molecule has 184 valence electrons.